The van der Waals surface area contributed by atoms with Gasteiger partial charge in [0.25, 0.3) is 6.47 Å². The lowest BCUT2D eigenvalue weighted by Crippen LogP contribution is -2.47. The molecule has 228 valence electrons. The molecule has 0 spiro atoms. The van der Waals surface area contributed by atoms with Crippen LogP contribution in [0.1, 0.15) is 83.2 Å². The largest absolute Gasteiger partial charge is 0.483 e. The summed E-state index contributed by atoms with van der Waals surface area (Å²) in [6.07, 6.45) is 7.35. The minimum atomic E-state index is -0.655. The monoisotopic (exact) mass is 571 g/mol. The number of hydrogen-bond donors (Lipinski definition) is 2. The zero-order chi connectivity index (χ0) is 30.2. The molecular formula is C31H49N5O5. The number of benzene rings is 1. The molecule has 2 fully saturated rings. The van der Waals surface area contributed by atoms with E-state index >= 15 is 0 Å². The Kier molecular flexibility index (Phi) is 11.7. The van der Waals surface area contributed by atoms with Crippen molar-refractivity contribution in [3.05, 3.63) is 34.2 Å². The molecule has 1 aromatic carbocycles. The number of carboxylic acid groups (broad SMARTS) is 1. The second-order valence-electron chi connectivity index (χ2n) is 12.7. The summed E-state index contributed by atoms with van der Waals surface area (Å²) in [4.78, 5) is 50.4. The maximum atomic E-state index is 13.1. The minimum absolute atomic E-state index is 0.134. The van der Waals surface area contributed by atoms with Crippen molar-refractivity contribution < 1.29 is 19.5 Å². The van der Waals surface area contributed by atoms with Crippen LogP contribution in [-0.4, -0.2) is 88.5 Å². The van der Waals surface area contributed by atoms with Crippen molar-refractivity contribution in [3.63, 3.8) is 0 Å². The number of likely N-dealkylation sites (tertiary alicyclic amines) is 2. The van der Waals surface area contributed by atoms with E-state index < -0.39 is 6.04 Å². The van der Waals surface area contributed by atoms with Gasteiger partial charge in [-0.3, -0.25) is 18.7 Å². The summed E-state index contributed by atoms with van der Waals surface area (Å²) in [6, 6.07) is 6.31. The van der Waals surface area contributed by atoms with Crippen molar-refractivity contribution in [1.29, 1.82) is 0 Å². The normalized spacial score (nSPS) is 18.5. The lowest BCUT2D eigenvalue weighted by molar-refractivity contribution is -0.123. The standard InChI is InChI=1S/C30H47N5O3.CH2O2/c1-30(2,3)14-19-33-15-12-24(13-16-33)34-17-10-22(11-18-34)23-6-8-26-27(20-23)32(5)29(38)35(26)25(21-36)7-9-28(37)31-4;2-1-3/h6,8,20-22,24-25H,7,9-19H2,1-5H3,(H,31,37);1H,(H,2,3). The van der Waals surface area contributed by atoms with Crippen LogP contribution >= 0.6 is 0 Å². The van der Waals surface area contributed by atoms with E-state index in [2.05, 4.69) is 48.0 Å². The number of aromatic nitrogens is 2. The molecule has 1 amide bonds. The summed E-state index contributed by atoms with van der Waals surface area (Å²) < 4.78 is 3.18. The van der Waals surface area contributed by atoms with E-state index in [-0.39, 0.29) is 24.5 Å². The third-order valence-corrected chi connectivity index (χ3v) is 8.80. The first kappa shape index (κ1) is 32.5. The van der Waals surface area contributed by atoms with Crippen LogP contribution in [0.25, 0.3) is 11.0 Å². The number of imidazole rings is 1. The predicted octanol–water partition coefficient (Wildman–Crippen LogP) is 3.39. The van der Waals surface area contributed by atoms with Gasteiger partial charge >= 0.3 is 5.69 Å². The average Bonchev–Trinajstić information content (AvgIpc) is 3.21. The number of rotatable bonds is 9. The summed E-state index contributed by atoms with van der Waals surface area (Å²) in [5, 5.41) is 9.47. The van der Waals surface area contributed by atoms with Crippen LogP contribution in [0.2, 0.25) is 0 Å². The first-order valence-corrected chi connectivity index (χ1v) is 14.9. The number of aldehydes is 1. The topological polar surface area (TPSA) is 117 Å². The SMILES string of the molecule is CNC(=O)CCC(C=O)n1c(=O)n(C)c2cc(C3CCN(C4CCN(CCC(C)(C)C)CC4)CC3)ccc21.O=CO. The molecule has 0 bridgehead atoms. The van der Waals surface area contributed by atoms with Gasteiger partial charge in [-0.15, -0.1) is 0 Å². The Labute approximate surface area is 243 Å². The molecule has 10 nitrogen and oxygen atoms in total. The van der Waals surface area contributed by atoms with Gasteiger partial charge in [-0.25, -0.2) is 4.79 Å². The van der Waals surface area contributed by atoms with Gasteiger partial charge in [0, 0.05) is 26.6 Å². The van der Waals surface area contributed by atoms with E-state index in [0.29, 0.717) is 23.8 Å². The molecule has 2 N–H and O–H groups in total. The van der Waals surface area contributed by atoms with Crippen LogP contribution in [-0.2, 0) is 21.4 Å². The van der Waals surface area contributed by atoms with Gasteiger partial charge in [-0.1, -0.05) is 26.8 Å². The Morgan fingerprint density at radius 2 is 1.71 bits per heavy atom. The van der Waals surface area contributed by atoms with Crippen LogP contribution < -0.4 is 11.0 Å². The number of amides is 1. The number of fused-ring (bicyclic) bond motifs is 1. The molecule has 0 aliphatic carbocycles. The third kappa shape index (κ3) is 8.52. The van der Waals surface area contributed by atoms with Crippen molar-refractivity contribution in [2.45, 2.75) is 83.7 Å². The highest BCUT2D eigenvalue weighted by molar-refractivity contribution is 5.79. The molecule has 1 unspecified atom stereocenters. The molecule has 4 rings (SSSR count). The second kappa shape index (κ2) is 14.8. The molecular weight excluding hydrogens is 522 g/mol. The molecule has 41 heavy (non-hydrogen) atoms. The maximum absolute atomic E-state index is 13.1. The highest BCUT2D eigenvalue weighted by atomic mass is 16.3. The summed E-state index contributed by atoms with van der Waals surface area (Å²) in [5.74, 6) is 0.348. The minimum Gasteiger partial charge on any atom is -0.483 e. The van der Waals surface area contributed by atoms with E-state index in [1.807, 2.05) is 6.07 Å². The first-order valence-electron chi connectivity index (χ1n) is 14.9. The predicted molar refractivity (Wildman–Crippen MR) is 161 cm³/mol. The number of nitrogens with zero attached hydrogens (tertiary/aromatic N) is 4. The quantitative estimate of drug-likeness (QED) is 0.443. The Balaban J connectivity index is 0.00000147. The van der Waals surface area contributed by atoms with Crippen LogP contribution in [0.4, 0.5) is 0 Å². The Morgan fingerprint density at radius 3 is 2.27 bits per heavy atom. The highest BCUT2D eigenvalue weighted by Gasteiger charge is 2.29. The van der Waals surface area contributed by atoms with Gasteiger partial charge in [0.2, 0.25) is 5.91 Å². The molecule has 2 aliphatic heterocycles. The van der Waals surface area contributed by atoms with Crippen molar-refractivity contribution in [3.8, 4) is 0 Å². The molecule has 1 aromatic heterocycles. The molecule has 0 saturated carbocycles. The molecule has 1 atom stereocenters. The van der Waals surface area contributed by atoms with E-state index in [4.69, 9.17) is 9.90 Å². The Morgan fingerprint density at radius 1 is 1.07 bits per heavy atom. The molecule has 0 radical (unpaired) electrons. The van der Waals surface area contributed by atoms with Gasteiger partial charge < -0.3 is 25.0 Å². The van der Waals surface area contributed by atoms with Crippen LogP contribution in [0.15, 0.2) is 23.0 Å². The van der Waals surface area contributed by atoms with Crippen molar-refractivity contribution in [2.24, 2.45) is 12.5 Å². The number of carbonyl (C=O) groups is 3. The Bertz CT molecular complexity index is 1210. The maximum Gasteiger partial charge on any atom is 0.329 e. The van der Waals surface area contributed by atoms with E-state index in [1.54, 1.807) is 23.2 Å². The van der Waals surface area contributed by atoms with Gasteiger partial charge in [-0.2, -0.15) is 0 Å². The van der Waals surface area contributed by atoms with Crippen LogP contribution in [0.5, 0.6) is 0 Å². The fraction of sp³-hybridized carbons (Fsp3) is 0.677. The molecule has 3 heterocycles. The van der Waals surface area contributed by atoms with E-state index in [1.165, 1.54) is 44.5 Å². The summed E-state index contributed by atoms with van der Waals surface area (Å²) in [7, 11) is 3.34. The van der Waals surface area contributed by atoms with E-state index in [0.717, 1.165) is 43.3 Å². The van der Waals surface area contributed by atoms with Gasteiger partial charge in [0.15, 0.2) is 0 Å². The van der Waals surface area contributed by atoms with Gasteiger partial charge in [0.05, 0.1) is 17.1 Å². The number of piperidine rings is 2. The number of nitrogens with one attached hydrogen (secondary N) is 1. The van der Waals surface area contributed by atoms with Gasteiger partial charge in [0.1, 0.15) is 6.29 Å². The van der Waals surface area contributed by atoms with Crippen molar-refractivity contribution >= 4 is 29.7 Å². The zero-order valence-corrected chi connectivity index (χ0v) is 25.5. The lowest BCUT2D eigenvalue weighted by Gasteiger charge is -2.42. The number of hydrogen-bond acceptors (Lipinski definition) is 6. The smallest absolute Gasteiger partial charge is 0.329 e. The lowest BCUT2D eigenvalue weighted by atomic mass is 9.87. The first-order chi connectivity index (χ1) is 19.5. The second-order valence-corrected chi connectivity index (χ2v) is 12.7. The fourth-order valence-corrected chi connectivity index (χ4v) is 6.22. The van der Waals surface area contributed by atoms with E-state index in [9.17, 15) is 14.4 Å². The molecule has 2 aromatic rings. The van der Waals surface area contributed by atoms with Crippen LogP contribution in [0.3, 0.4) is 0 Å². The highest BCUT2D eigenvalue weighted by Crippen LogP contribution is 2.33. The number of carbonyl (C=O) groups excluding carboxylic acids is 2. The average molecular weight is 572 g/mol. The summed E-state index contributed by atoms with van der Waals surface area (Å²) in [5.41, 5.74) is 3.07. The molecule has 2 saturated heterocycles. The zero-order valence-electron chi connectivity index (χ0n) is 25.5. The fourth-order valence-electron chi connectivity index (χ4n) is 6.22. The van der Waals surface area contributed by atoms with Gasteiger partial charge in [-0.05, 0) is 100 Å². The number of aryl methyl sites for hydroxylation is 1. The van der Waals surface area contributed by atoms with Crippen molar-refractivity contribution in [2.75, 3.05) is 39.8 Å². The van der Waals surface area contributed by atoms with Crippen molar-refractivity contribution in [1.82, 2.24) is 24.3 Å². The third-order valence-electron chi connectivity index (χ3n) is 8.80. The Hall–Kier alpha value is -2.98. The molecule has 10 heteroatoms. The summed E-state index contributed by atoms with van der Waals surface area (Å²) >= 11 is 0. The summed E-state index contributed by atoms with van der Waals surface area (Å²) in [6.45, 7) is 12.6. The van der Waals surface area contributed by atoms with Crippen LogP contribution in [0, 0.1) is 5.41 Å². The molecule has 2 aliphatic rings.